The molecule has 0 bridgehead atoms. The van der Waals surface area contributed by atoms with Gasteiger partial charge in [-0.3, -0.25) is 9.69 Å². The van der Waals surface area contributed by atoms with E-state index in [-0.39, 0.29) is 11.9 Å². The van der Waals surface area contributed by atoms with Gasteiger partial charge in [0.05, 0.1) is 16.8 Å². The van der Waals surface area contributed by atoms with E-state index in [1.54, 1.807) is 0 Å². The lowest BCUT2D eigenvalue weighted by Gasteiger charge is -2.25. The van der Waals surface area contributed by atoms with Crippen LogP contribution >= 0.6 is 11.6 Å². The number of benzene rings is 2. The number of hydrogen-bond donors (Lipinski definition) is 1. The SMILES string of the molecule is CN(Cc1cccc2c1NCC2)C1CCN(c2ccccc2Cl)C1=O. The number of para-hydroxylation sites is 2. The molecule has 1 fully saturated rings. The minimum Gasteiger partial charge on any atom is -0.384 e. The Hall–Kier alpha value is -2.04. The summed E-state index contributed by atoms with van der Waals surface area (Å²) in [6, 6.07) is 13.9. The first-order valence-corrected chi connectivity index (χ1v) is 9.14. The summed E-state index contributed by atoms with van der Waals surface area (Å²) in [4.78, 5) is 16.9. The molecule has 2 aliphatic rings. The molecule has 1 unspecified atom stereocenters. The van der Waals surface area contributed by atoms with Gasteiger partial charge in [-0.05, 0) is 43.1 Å². The highest BCUT2D eigenvalue weighted by Gasteiger charge is 2.36. The van der Waals surface area contributed by atoms with Crippen molar-refractivity contribution < 1.29 is 4.79 Å². The number of likely N-dealkylation sites (N-methyl/N-ethyl adjacent to an activating group) is 1. The first-order chi connectivity index (χ1) is 12.1. The molecule has 2 aromatic rings. The van der Waals surface area contributed by atoms with E-state index >= 15 is 0 Å². The average Bonchev–Trinajstić information content (AvgIpc) is 3.23. The summed E-state index contributed by atoms with van der Waals surface area (Å²) in [6.07, 6.45) is 1.90. The molecule has 25 heavy (non-hydrogen) atoms. The Morgan fingerprint density at radius 3 is 2.92 bits per heavy atom. The van der Waals surface area contributed by atoms with Gasteiger partial charge in [0.1, 0.15) is 0 Å². The number of halogens is 1. The van der Waals surface area contributed by atoms with E-state index in [2.05, 4.69) is 28.4 Å². The van der Waals surface area contributed by atoms with Crippen LogP contribution in [0.1, 0.15) is 17.5 Å². The molecular formula is C20H22ClN3O. The molecule has 2 heterocycles. The van der Waals surface area contributed by atoms with E-state index in [0.717, 1.165) is 31.6 Å². The minimum atomic E-state index is -0.103. The summed E-state index contributed by atoms with van der Waals surface area (Å²) in [7, 11) is 2.03. The molecule has 4 rings (SSSR count). The molecule has 0 spiro atoms. The summed E-state index contributed by atoms with van der Waals surface area (Å²) in [5, 5.41) is 4.11. The number of carbonyl (C=O) groups is 1. The fourth-order valence-corrected chi connectivity index (χ4v) is 4.14. The summed E-state index contributed by atoms with van der Waals surface area (Å²) < 4.78 is 0. The van der Waals surface area contributed by atoms with Crippen molar-refractivity contribution in [2.45, 2.75) is 25.4 Å². The molecule has 130 valence electrons. The van der Waals surface area contributed by atoms with Gasteiger partial charge >= 0.3 is 0 Å². The van der Waals surface area contributed by atoms with Gasteiger partial charge in [0.25, 0.3) is 0 Å². The number of nitrogens with one attached hydrogen (secondary N) is 1. The van der Waals surface area contributed by atoms with Crippen LogP contribution in [-0.4, -0.2) is 37.0 Å². The molecular weight excluding hydrogens is 334 g/mol. The normalized spacial score (nSPS) is 19.4. The molecule has 0 aliphatic carbocycles. The van der Waals surface area contributed by atoms with Gasteiger partial charge in [-0.1, -0.05) is 41.9 Å². The zero-order valence-electron chi connectivity index (χ0n) is 14.3. The van der Waals surface area contributed by atoms with Crippen molar-refractivity contribution in [3.63, 3.8) is 0 Å². The minimum absolute atomic E-state index is 0.103. The number of nitrogens with zero attached hydrogens (tertiary/aromatic N) is 2. The van der Waals surface area contributed by atoms with E-state index in [1.807, 2.05) is 36.2 Å². The maximum atomic E-state index is 12.9. The number of rotatable bonds is 4. The molecule has 5 heteroatoms. The Morgan fingerprint density at radius 2 is 2.08 bits per heavy atom. The van der Waals surface area contributed by atoms with Gasteiger partial charge in [0.15, 0.2) is 0 Å². The first kappa shape index (κ1) is 16.4. The van der Waals surface area contributed by atoms with Crippen LogP contribution < -0.4 is 10.2 Å². The highest BCUT2D eigenvalue weighted by Crippen LogP contribution is 2.32. The second kappa shape index (κ2) is 6.70. The zero-order valence-corrected chi connectivity index (χ0v) is 15.1. The van der Waals surface area contributed by atoms with Crippen LogP contribution in [0, 0.1) is 0 Å². The van der Waals surface area contributed by atoms with Gasteiger partial charge in [0, 0.05) is 25.3 Å². The van der Waals surface area contributed by atoms with E-state index in [4.69, 9.17) is 11.6 Å². The van der Waals surface area contributed by atoms with Crippen LogP contribution in [0.2, 0.25) is 5.02 Å². The Kier molecular flexibility index (Phi) is 4.40. The Labute approximate surface area is 153 Å². The third-order valence-corrected chi connectivity index (χ3v) is 5.53. The van der Waals surface area contributed by atoms with E-state index in [0.29, 0.717) is 11.6 Å². The zero-order chi connectivity index (χ0) is 17.4. The fraction of sp³-hybridized carbons (Fsp3) is 0.350. The topological polar surface area (TPSA) is 35.6 Å². The quantitative estimate of drug-likeness (QED) is 0.911. The molecule has 0 saturated carbocycles. The van der Waals surface area contributed by atoms with Gasteiger partial charge < -0.3 is 10.2 Å². The summed E-state index contributed by atoms with van der Waals surface area (Å²) >= 11 is 6.27. The first-order valence-electron chi connectivity index (χ1n) is 8.76. The van der Waals surface area contributed by atoms with Crippen molar-refractivity contribution >= 4 is 28.9 Å². The van der Waals surface area contributed by atoms with Crippen molar-refractivity contribution in [2.75, 3.05) is 30.4 Å². The smallest absolute Gasteiger partial charge is 0.244 e. The van der Waals surface area contributed by atoms with Crippen molar-refractivity contribution in [1.82, 2.24) is 4.90 Å². The summed E-state index contributed by atoms with van der Waals surface area (Å²) in [5.74, 6) is 0.135. The molecule has 1 N–H and O–H groups in total. The summed E-state index contributed by atoms with van der Waals surface area (Å²) in [6.45, 7) is 2.48. The van der Waals surface area contributed by atoms with Gasteiger partial charge in [-0.25, -0.2) is 0 Å². The maximum absolute atomic E-state index is 12.9. The van der Waals surface area contributed by atoms with E-state index < -0.39 is 0 Å². The van der Waals surface area contributed by atoms with E-state index in [1.165, 1.54) is 16.8 Å². The number of hydrogen-bond acceptors (Lipinski definition) is 3. The van der Waals surface area contributed by atoms with Crippen molar-refractivity contribution in [2.24, 2.45) is 0 Å². The monoisotopic (exact) mass is 355 g/mol. The van der Waals surface area contributed by atoms with Crippen LogP contribution in [0.25, 0.3) is 0 Å². The molecule has 1 saturated heterocycles. The molecule has 0 aromatic heterocycles. The van der Waals surface area contributed by atoms with Crippen LogP contribution in [0.5, 0.6) is 0 Å². The van der Waals surface area contributed by atoms with Gasteiger partial charge in [-0.2, -0.15) is 0 Å². The Balaban J connectivity index is 1.50. The highest BCUT2D eigenvalue weighted by atomic mass is 35.5. The van der Waals surface area contributed by atoms with Crippen molar-refractivity contribution in [1.29, 1.82) is 0 Å². The lowest BCUT2D eigenvalue weighted by molar-refractivity contribution is -0.121. The number of amides is 1. The molecule has 4 nitrogen and oxygen atoms in total. The Bertz CT molecular complexity index is 807. The number of fused-ring (bicyclic) bond motifs is 1. The third kappa shape index (κ3) is 3.00. The van der Waals surface area contributed by atoms with E-state index in [9.17, 15) is 4.79 Å². The lowest BCUT2D eigenvalue weighted by Crippen LogP contribution is -2.39. The second-order valence-corrected chi connectivity index (χ2v) is 7.20. The Morgan fingerprint density at radius 1 is 1.24 bits per heavy atom. The van der Waals surface area contributed by atoms with Crippen LogP contribution in [0.15, 0.2) is 42.5 Å². The standard InChI is InChI=1S/C20H22ClN3O/c1-23(13-15-6-4-5-14-9-11-22-19(14)15)18-10-12-24(20(18)25)17-8-3-2-7-16(17)21/h2-8,18,22H,9-13H2,1H3. The molecule has 0 radical (unpaired) electrons. The van der Waals surface area contributed by atoms with Gasteiger partial charge in [0.2, 0.25) is 5.91 Å². The van der Waals surface area contributed by atoms with Crippen LogP contribution in [-0.2, 0) is 17.8 Å². The predicted molar refractivity (Wildman–Crippen MR) is 102 cm³/mol. The predicted octanol–water partition coefficient (Wildman–Crippen LogP) is 3.55. The van der Waals surface area contributed by atoms with Crippen molar-refractivity contribution in [3.8, 4) is 0 Å². The molecule has 1 amide bonds. The largest absolute Gasteiger partial charge is 0.384 e. The third-order valence-electron chi connectivity index (χ3n) is 5.21. The molecule has 2 aliphatic heterocycles. The number of anilines is 2. The fourth-order valence-electron chi connectivity index (χ4n) is 3.91. The second-order valence-electron chi connectivity index (χ2n) is 6.79. The van der Waals surface area contributed by atoms with Crippen molar-refractivity contribution in [3.05, 3.63) is 58.6 Å². The van der Waals surface area contributed by atoms with Gasteiger partial charge in [-0.15, -0.1) is 0 Å². The summed E-state index contributed by atoms with van der Waals surface area (Å²) in [5.41, 5.74) is 4.71. The number of carbonyl (C=O) groups excluding carboxylic acids is 1. The van der Waals surface area contributed by atoms with Crippen LogP contribution in [0.4, 0.5) is 11.4 Å². The average molecular weight is 356 g/mol. The maximum Gasteiger partial charge on any atom is 0.244 e. The highest BCUT2D eigenvalue weighted by molar-refractivity contribution is 6.33. The lowest BCUT2D eigenvalue weighted by atomic mass is 10.1. The van der Waals surface area contributed by atoms with Crippen LogP contribution in [0.3, 0.4) is 0 Å². The molecule has 1 atom stereocenters. The molecule has 2 aromatic carbocycles.